The van der Waals surface area contributed by atoms with E-state index in [0.29, 0.717) is 18.3 Å². The van der Waals surface area contributed by atoms with Crippen molar-refractivity contribution >= 4 is 10.9 Å². The Hall–Kier alpha value is -2.14. The Balaban J connectivity index is 2.00. The first kappa shape index (κ1) is 11.9. The molecule has 0 spiro atoms. The molecule has 0 aliphatic heterocycles. The van der Waals surface area contributed by atoms with Gasteiger partial charge in [0.2, 0.25) is 5.89 Å². The first-order valence-corrected chi connectivity index (χ1v) is 6.31. The molecule has 0 unspecified atom stereocenters. The Labute approximate surface area is 110 Å². The lowest BCUT2D eigenvalue weighted by atomic mass is 10.1. The molecule has 3 aromatic rings. The van der Waals surface area contributed by atoms with E-state index in [-0.39, 0.29) is 6.61 Å². The van der Waals surface area contributed by atoms with Gasteiger partial charge in [-0.15, -0.1) is 0 Å². The maximum atomic E-state index is 9.42. The number of nitrogens with zero attached hydrogens (tertiary/aromatic N) is 3. The number of aryl methyl sites for hydroxylation is 1. The molecule has 0 bridgehead atoms. The summed E-state index contributed by atoms with van der Waals surface area (Å²) in [5, 5.41) is 14.4. The average molecular weight is 257 g/mol. The summed E-state index contributed by atoms with van der Waals surface area (Å²) in [6, 6.07) is 7.91. The van der Waals surface area contributed by atoms with Crippen LogP contribution in [0.15, 0.2) is 35.0 Å². The number of fused-ring (bicyclic) bond motifs is 1. The van der Waals surface area contributed by atoms with E-state index in [1.165, 1.54) is 0 Å². The van der Waals surface area contributed by atoms with Crippen molar-refractivity contribution in [3.63, 3.8) is 0 Å². The number of aliphatic hydroxyl groups excluding tert-OH is 1. The summed E-state index contributed by atoms with van der Waals surface area (Å²) in [5.74, 6) is 1.30. The topological polar surface area (TPSA) is 64.1 Å². The van der Waals surface area contributed by atoms with Gasteiger partial charge in [0.15, 0.2) is 5.82 Å². The molecule has 1 aromatic carbocycles. The maximum Gasteiger partial charge on any atom is 0.246 e. The summed E-state index contributed by atoms with van der Waals surface area (Å²) in [5.41, 5.74) is 1.92. The van der Waals surface area contributed by atoms with E-state index in [1.807, 2.05) is 42.0 Å². The highest BCUT2D eigenvalue weighted by Gasteiger charge is 2.10. The normalized spacial score (nSPS) is 11.3. The molecule has 5 heteroatoms. The molecule has 2 aromatic heterocycles. The third-order valence-corrected chi connectivity index (χ3v) is 3.17. The summed E-state index contributed by atoms with van der Waals surface area (Å²) in [6.45, 7) is 2.53. The minimum Gasteiger partial charge on any atom is -0.392 e. The van der Waals surface area contributed by atoms with Crippen LogP contribution < -0.4 is 0 Å². The van der Waals surface area contributed by atoms with Crippen LogP contribution in [0.4, 0.5) is 0 Å². The number of aliphatic hydroxyl groups is 1. The van der Waals surface area contributed by atoms with Gasteiger partial charge in [0.1, 0.15) is 6.54 Å². The number of aromatic nitrogens is 3. The molecule has 1 N–H and O–H groups in total. The van der Waals surface area contributed by atoms with Crippen LogP contribution in [-0.2, 0) is 19.6 Å². The summed E-state index contributed by atoms with van der Waals surface area (Å²) < 4.78 is 7.23. The molecule has 0 aliphatic rings. The van der Waals surface area contributed by atoms with Crippen molar-refractivity contribution in [2.75, 3.05) is 0 Å². The van der Waals surface area contributed by atoms with Gasteiger partial charge in [0, 0.05) is 18.2 Å². The fourth-order valence-electron chi connectivity index (χ4n) is 2.24. The lowest BCUT2D eigenvalue weighted by Crippen LogP contribution is -2.00. The van der Waals surface area contributed by atoms with Crippen molar-refractivity contribution in [2.24, 2.45) is 0 Å². The Kier molecular flexibility index (Phi) is 3.05. The Morgan fingerprint density at radius 2 is 2.21 bits per heavy atom. The van der Waals surface area contributed by atoms with Crippen molar-refractivity contribution in [3.05, 3.63) is 47.7 Å². The zero-order chi connectivity index (χ0) is 13.2. The maximum absolute atomic E-state index is 9.42. The Morgan fingerprint density at radius 1 is 1.32 bits per heavy atom. The first-order chi connectivity index (χ1) is 9.31. The summed E-state index contributed by atoms with van der Waals surface area (Å²) in [6.07, 6.45) is 2.73. The number of para-hydroxylation sites is 1. The lowest BCUT2D eigenvalue weighted by Gasteiger charge is -2.05. The van der Waals surface area contributed by atoms with Crippen LogP contribution >= 0.6 is 0 Å². The molecule has 0 aliphatic carbocycles. The molecule has 3 rings (SSSR count). The number of hydrogen-bond acceptors (Lipinski definition) is 4. The molecular weight excluding hydrogens is 242 g/mol. The van der Waals surface area contributed by atoms with Crippen molar-refractivity contribution in [1.29, 1.82) is 0 Å². The summed E-state index contributed by atoms with van der Waals surface area (Å²) in [4.78, 5) is 4.30. The van der Waals surface area contributed by atoms with Crippen LogP contribution in [0.5, 0.6) is 0 Å². The van der Waals surface area contributed by atoms with Gasteiger partial charge in [-0.05, 0) is 11.5 Å². The van der Waals surface area contributed by atoms with Crippen LogP contribution in [-0.4, -0.2) is 19.8 Å². The molecule has 0 fully saturated rings. The number of benzene rings is 1. The van der Waals surface area contributed by atoms with Crippen LogP contribution in [0.2, 0.25) is 0 Å². The van der Waals surface area contributed by atoms with Crippen LogP contribution in [0.1, 0.15) is 24.2 Å². The minimum absolute atomic E-state index is 0.0192. The van der Waals surface area contributed by atoms with Crippen molar-refractivity contribution in [3.8, 4) is 0 Å². The average Bonchev–Trinajstić information content (AvgIpc) is 3.06. The van der Waals surface area contributed by atoms with E-state index in [9.17, 15) is 5.11 Å². The minimum atomic E-state index is 0.0192. The molecule has 2 heterocycles. The molecule has 0 atom stereocenters. The van der Waals surface area contributed by atoms with Gasteiger partial charge in [0.05, 0.1) is 12.1 Å². The second-order valence-corrected chi connectivity index (χ2v) is 4.41. The van der Waals surface area contributed by atoms with Crippen LogP contribution in [0.3, 0.4) is 0 Å². The fourth-order valence-corrected chi connectivity index (χ4v) is 2.24. The van der Waals surface area contributed by atoms with E-state index in [1.54, 1.807) is 0 Å². The standard InChI is InChI=1S/C14H15N3O2/c1-2-12-15-13(19-16-12)8-17-7-6-10-4-3-5-11(9-18)14(10)17/h3-7,18H,2,8-9H2,1H3. The first-order valence-electron chi connectivity index (χ1n) is 6.31. The van der Waals surface area contributed by atoms with E-state index < -0.39 is 0 Å². The zero-order valence-corrected chi connectivity index (χ0v) is 10.7. The molecule has 0 amide bonds. The molecule has 0 saturated heterocycles. The summed E-state index contributed by atoms with van der Waals surface area (Å²) in [7, 11) is 0. The van der Waals surface area contributed by atoms with Crippen molar-refractivity contribution in [2.45, 2.75) is 26.5 Å². The molecule has 0 radical (unpaired) electrons. The molecule has 0 saturated carbocycles. The van der Waals surface area contributed by atoms with Gasteiger partial charge in [-0.3, -0.25) is 0 Å². The predicted octanol–water partition coefficient (Wildman–Crippen LogP) is 2.13. The van der Waals surface area contributed by atoms with E-state index >= 15 is 0 Å². The van der Waals surface area contributed by atoms with E-state index in [2.05, 4.69) is 10.1 Å². The highest BCUT2D eigenvalue weighted by molar-refractivity contribution is 5.83. The van der Waals surface area contributed by atoms with Gasteiger partial charge < -0.3 is 14.2 Å². The largest absolute Gasteiger partial charge is 0.392 e. The predicted molar refractivity (Wildman–Crippen MR) is 70.6 cm³/mol. The quantitative estimate of drug-likeness (QED) is 0.777. The highest BCUT2D eigenvalue weighted by Crippen LogP contribution is 2.21. The van der Waals surface area contributed by atoms with E-state index in [0.717, 1.165) is 22.9 Å². The summed E-state index contributed by atoms with van der Waals surface area (Å²) >= 11 is 0. The van der Waals surface area contributed by atoms with Gasteiger partial charge in [-0.2, -0.15) is 4.98 Å². The van der Waals surface area contributed by atoms with E-state index in [4.69, 9.17) is 4.52 Å². The number of rotatable bonds is 4. The lowest BCUT2D eigenvalue weighted by molar-refractivity contribution is 0.282. The molecule has 19 heavy (non-hydrogen) atoms. The van der Waals surface area contributed by atoms with Crippen LogP contribution in [0, 0.1) is 0 Å². The SMILES string of the molecule is CCc1noc(Cn2ccc3cccc(CO)c32)n1. The second-order valence-electron chi connectivity index (χ2n) is 4.41. The Morgan fingerprint density at radius 3 is 2.95 bits per heavy atom. The molecule has 98 valence electrons. The third kappa shape index (κ3) is 2.13. The molecular formula is C14H15N3O2. The number of hydrogen-bond donors (Lipinski definition) is 1. The smallest absolute Gasteiger partial charge is 0.246 e. The molecule has 5 nitrogen and oxygen atoms in total. The van der Waals surface area contributed by atoms with Gasteiger partial charge in [-0.25, -0.2) is 0 Å². The van der Waals surface area contributed by atoms with Gasteiger partial charge in [-0.1, -0.05) is 30.3 Å². The highest BCUT2D eigenvalue weighted by atomic mass is 16.5. The monoisotopic (exact) mass is 257 g/mol. The Bertz CT molecular complexity index is 700. The van der Waals surface area contributed by atoms with Gasteiger partial charge >= 0.3 is 0 Å². The zero-order valence-electron chi connectivity index (χ0n) is 10.7. The fraction of sp³-hybridized carbons (Fsp3) is 0.286. The van der Waals surface area contributed by atoms with Gasteiger partial charge in [0.25, 0.3) is 0 Å². The van der Waals surface area contributed by atoms with Crippen LogP contribution in [0.25, 0.3) is 10.9 Å². The van der Waals surface area contributed by atoms with Crippen molar-refractivity contribution in [1.82, 2.24) is 14.7 Å². The third-order valence-electron chi connectivity index (χ3n) is 3.17. The van der Waals surface area contributed by atoms with Crippen molar-refractivity contribution < 1.29 is 9.63 Å². The second kappa shape index (κ2) is 4.85.